The largest absolute Gasteiger partial charge is 0.376 e. The molecule has 0 radical (unpaired) electrons. The van der Waals surface area contributed by atoms with Crippen LogP contribution in [0.1, 0.15) is 68.9 Å². The SMILES string of the molecule is O=C(CC1=CCCCC1)N(CC1CCN(C2Cc3ccccc3C2)CC1)C[C@@H]1CCCO1. The van der Waals surface area contributed by atoms with Gasteiger partial charge in [0.25, 0.3) is 0 Å². The Balaban J connectivity index is 1.15. The highest BCUT2D eigenvalue weighted by atomic mass is 16.5. The molecule has 4 heteroatoms. The summed E-state index contributed by atoms with van der Waals surface area (Å²) in [5.74, 6) is 0.961. The Bertz CT molecular complexity index is 780. The van der Waals surface area contributed by atoms with Crippen molar-refractivity contribution in [3.63, 3.8) is 0 Å². The van der Waals surface area contributed by atoms with E-state index in [1.54, 1.807) is 11.1 Å². The van der Waals surface area contributed by atoms with Crippen LogP contribution in [0.3, 0.4) is 0 Å². The lowest BCUT2D eigenvalue weighted by Gasteiger charge is -2.38. The Hall–Kier alpha value is -1.65. The molecule has 1 aromatic carbocycles. The van der Waals surface area contributed by atoms with Gasteiger partial charge in [-0.05, 0) is 94.3 Å². The van der Waals surface area contributed by atoms with Gasteiger partial charge in [-0.15, -0.1) is 0 Å². The standard InChI is InChI=1S/C28H40N2O2/c31-28(17-22-7-2-1-3-8-22)30(21-27-11-6-16-32-27)20-23-12-14-29(15-13-23)26-18-24-9-4-5-10-25(24)19-26/h4-5,7,9-10,23,26-27H,1-3,6,8,11-21H2/t27-/m0/s1. The fourth-order valence-corrected chi connectivity index (χ4v) is 6.29. The number of allylic oxidation sites excluding steroid dienone is 1. The van der Waals surface area contributed by atoms with Crippen LogP contribution in [0, 0.1) is 5.92 Å². The van der Waals surface area contributed by atoms with E-state index in [-0.39, 0.29) is 6.10 Å². The molecule has 5 rings (SSSR count). The molecule has 0 bridgehead atoms. The Morgan fingerprint density at radius 1 is 1.00 bits per heavy atom. The van der Waals surface area contributed by atoms with E-state index in [9.17, 15) is 4.79 Å². The summed E-state index contributed by atoms with van der Waals surface area (Å²) in [5.41, 5.74) is 4.46. The van der Waals surface area contributed by atoms with Crippen LogP contribution < -0.4 is 0 Å². The van der Waals surface area contributed by atoms with Gasteiger partial charge in [0.2, 0.25) is 5.91 Å². The van der Waals surface area contributed by atoms with E-state index in [1.807, 2.05) is 0 Å². The molecule has 1 atom stereocenters. The zero-order valence-electron chi connectivity index (χ0n) is 19.6. The first-order valence-electron chi connectivity index (χ1n) is 13.1. The Morgan fingerprint density at radius 2 is 1.78 bits per heavy atom. The first-order chi connectivity index (χ1) is 15.7. The van der Waals surface area contributed by atoms with Gasteiger partial charge in [0.1, 0.15) is 0 Å². The summed E-state index contributed by atoms with van der Waals surface area (Å²) in [7, 11) is 0. The van der Waals surface area contributed by atoms with Gasteiger partial charge in [0, 0.05) is 32.2 Å². The smallest absolute Gasteiger partial charge is 0.226 e. The van der Waals surface area contributed by atoms with E-state index < -0.39 is 0 Å². The third-order valence-electron chi connectivity index (χ3n) is 8.24. The number of piperidine rings is 1. The van der Waals surface area contributed by atoms with E-state index in [1.165, 1.54) is 57.2 Å². The highest BCUT2D eigenvalue weighted by Gasteiger charge is 2.32. The molecule has 0 N–H and O–H groups in total. The van der Waals surface area contributed by atoms with Crippen LogP contribution in [-0.2, 0) is 22.4 Å². The minimum atomic E-state index is 0.247. The monoisotopic (exact) mass is 436 g/mol. The zero-order valence-corrected chi connectivity index (χ0v) is 19.6. The number of ether oxygens (including phenoxy) is 1. The van der Waals surface area contributed by atoms with E-state index >= 15 is 0 Å². The van der Waals surface area contributed by atoms with Crippen molar-refractivity contribution < 1.29 is 9.53 Å². The predicted octanol–water partition coefficient (Wildman–Crippen LogP) is 4.76. The molecule has 2 saturated heterocycles. The Labute approximate surface area is 194 Å². The molecule has 0 unspecified atom stereocenters. The zero-order chi connectivity index (χ0) is 21.8. The summed E-state index contributed by atoms with van der Waals surface area (Å²) >= 11 is 0. The highest BCUT2D eigenvalue weighted by Crippen LogP contribution is 2.30. The molecule has 0 spiro atoms. The van der Waals surface area contributed by atoms with Gasteiger partial charge in [-0.2, -0.15) is 0 Å². The predicted molar refractivity (Wildman–Crippen MR) is 129 cm³/mol. The first kappa shape index (κ1) is 22.2. The molecule has 4 aliphatic rings. The number of benzene rings is 1. The third-order valence-corrected chi connectivity index (χ3v) is 8.24. The van der Waals surface area contributed by atoms with Crippen LogP contribution in [-0.4, -0.2) is 60.6 Å². The van der Waals surface area contributed by atoms with Crippen molar-refractivity contribution >= 4 is 5.91 Å². The quantitative estimate of drug-likeness (QED) is 0.578. The van der Waals surface area contributed by atoms with Gasteiger partial charge < -0.3 is 9.64 Å². The van der Waals surface area contributed by atoms with Crippen LogP contribution in [0.15, 0.2) is 35.9 Å². The Morgan fingerprint density at radius 3 is 2.44 bits per heavy atom. The molecule has 0 aromatic heterocycles. The van der Waals surface area contributed by atoms with Gasteiger partial charge >= 0.3 is 0 Å². The summed E-state index contributed by atoms with van der Waals surface area (Å²) in [6.07, 6.45) is 15.1. The summed E-state index contributed by atoms with van der Waals surface area (Å²) < 4.78 is 5.91. The van der Waals surface area contributed by atoms with E-state index in [2.05, 4.69) is 40.1 Å². The number of carbonyl (C=O) groups excluding carboxylic acids is 1. The van der Waals surface area contributed by atoms with Crippen molar-refractivity contribution in [1.82, 2.24) is 9.80 Å². The second-order valence-corrected chi connectivity index (χ2v) is 10.5. The Kier molecular flexibility index (Phi) is 7.29. The molecule has 32 heavy (non-hydrogen) atoms. The summed E-state index contributed by atoms with van der Waals surface area (Å²) in [5, 5.41) is 0. The van der Waals surface area contributed by atoms with E-state index in [4.69, 9.17) is 4.74 Å². The minimum absolute atomic E-state index is 0.247. The van der Waals surface area contributed by atoms with Gasteiger partial charge in [-0.25, -0.2) is 0 Å². The summed E-state index contributed by atoms with van der Waals surface area (Å²) in [4.78, 5) is 18.2. The number of fused-ring (bicyclic) bond motifs is 1. The average Bonchev–Trinajstić information content (AvgIpc) is 3.49. The molecule has 2 fully saturated rings. The third kappa shape index (κ3) is 5.46. The fraction of sp³-hybridized carbons (Fsp3) is 0.679. The maximum Gasteiger partial charge on any atom is 0.226 e. The molecule has 1 aromatic rings. The first-order valence-corrected chi connectivity index (χ1v) is 13.1. The number of hydrogen-bond donors (Lipinski definition) is 0. The van der Waals surface area contributed by atoms with Gasteiger partial charge in [-0.3, -0.25) is 9.69 Å². The molecular weight excluding hydrogens is 396 g/mol. The van der Waals surface area contributed by atoms with Crippen molar-refractivity contribution in [1.29, 1.82) is 0 Å². The van der Waals surface area contributed by atoms with Crippen molar-refractivity contribution in [2.45, 2.75) is 82.8 Å². The van der Waals surface area contributed by atoms with E-state index in [0.29, 0.717) is 24.3 Å². The molecule has 4 nitrogen and oxygen atoms in total. The van der Waals surface area contributed by atoms with Gasteiger partial charge in [-0.1, -0.05) is 35.9 Å². The lowest BCUT2D eigenvalue weighted by Crippen LogP contribution is -2.46. The maximum absolute atomic E-state index is 13.3. The minimum Gasteiger partial charge on any atom is -0.376 e. The van der Waals surface area contributed by atoms with Crippen molar-refractivity contribution in [2.24, 2.45) is 5.92 Å². The lowest BCUT2D eigenvalue weighted by atomic mass is 9.93. The van der Waals surface area contributed by atoms with Gasteiger partial charge in [0.05, 0.1) is 6.10 Å². The number of hydrogen-bond acceptors (Lipinski definition) is 3. The van der Waals surface area contributed by atoms with Crippen molar-refractivity contribution in [2.75, 3.05) is 32.8 Å². The molecule has 2 heterocycles. The molecular formula is C28H40N2O2. The van der Waals surface area contributed by atoms with Crippen molar-refractivity contribution in [3.05, 3.63) is 47.0 Å². The average molecular weight is 437 g/mol. The van der Waals surface area contributed by atoms with Crippen LogP contribution >= 0.6 is 0 Å². The normalized spacial score (nSPS) is 25.0. The highest BCUT2D eigenvalue weighted by molar-refractivity contribution is 5.78. The fourth-order valence-electron chi connectivity index (χ4n) is 6.29. The topological polar surface area (TPSA) is 32.8 Å². The lowest BCUT2D eigenvalue weighted by molar-refractivity contribution is -0.133. The van der Waals surface area contributed by atoms with E-state index in [0.717, 1.165) is 45.4 Å². The summed E-state index contributed by atoms with van der Waals surface area (Å²) in [6.45, 7) is 4.93. The molecule has 0 saturated carbocycles. The maximum atomic E-state index is 13.3. The van der Waals surface area contributed by atoms with Crippen LogP contribution in [0.2, 0.25) is 0 Å². The second-order valence-electron chi connectivity index (χ2n) is 10.5. The number of amides is 1. The molecule has 174 valence electrons. The number of nitrogens with zero attached hydrogens (tertiary/aromatic N) is 2. The van der Waals surface area contributed by atoms with Gasteiger partial charge in [0.15, 0.2) is 0 Å². The van der Waals surface area contributed by atoms with Crippen LogP contribution in [0.5, 0.6) is 0 Å². The second kappa shape index (κ2) is 10.5. The summed E-state index contributed by atoms with van der Waals surface area (Å²) in [6, 6.07) is 9.64. The number of likely N-dealkylation sites (tertiary alicyclic amines) is 1. The van der Waals surface area contributed by atoms with Crippen LogP contribution in [0.25, 0.3) is 0 Å². The number of rotatable bonds is 7. The molecule has 2 aliphatic heterocycles. The molecule has 2 aliphatic carbocycles. The molecule has 1 amide bonds. The van der Waals surface area contributed by atoms with Crippen LogP contribution in [0.4, 0.5) is 0 Å². The number of carbonyl (C=O) groups is 1. The van der Waals surface area contributed by atoms with Crippen molar-refractivity contribution in [3.8, 4) is 0 Å².